The second kappa shape index (κ2) is 5.80. The molecule has 1 heterocycles. The van der Waals surface area contributed by atoms with Gasteiger partial charge in [-0.1, -0.05) is 0 Å². The van der Waals surface area contributed by atoms with Crippen molar-refractivity contribution in [3.05, 3.63) is 48.3 Å². The third-order valence-electron chi connectivity index (χ3n) is 2.64. The van der Waals surface area contributed by atoms with Gasteiger partial charge in [0.25, 0.3) is 10.0 Å². The van der Waals surface area contributed by atoms with E-state index in [0.29, 0.717) is 5.69 Å². The SMILES string of the molecule is COc1ccc(S(=O)(=O)Nc2ccncc2)cc1C(=O)O. The molecule has 0 amide bonds. The number of aromatic nitrogens is 1. The van der Waals surface area contributed by atoms with Gasteiger partial charge in [-0.15, -0.1) is 0 Å². The molecule has 2 N–H and O–H groups in total. The number of pyridine rings is 1. The summed E-state index contributed by atoms with van der Waals surface area (Å²) in [5.41, 5.74) is 0.104. The molecule has 0 radical (unpaired) electrons. The second-order valence-electron chi connectivity index (χ2n) is 4.01. The molecule has 1 aromatic heterocycles. The summed E-state index contributed by atoms with van der Waals surface area (Å²) in [5, 5.41) is 9.07. The second-order valence-corrected chi connectivity index (χ2v) is 5.69. The first-order valence-corrected chi connectivity index (χ1v) is 7.26. The van der Waals surface area contributed by atoms with E-state index >= 15 is 0 Å². The number of nitrogens with zero attached hydrogens (tertiary/aromatic N) is 1. The zero-order chi connectivity index (χ0) is 15.5. The number of aromatic carboxylic acids is 1. The zero-order valence-corrected chi connectivity index (χ0v) is 11.8. The van der Waals surface area contributed by atoms with Crippen LogP contribution < -0.4 is 9.46 Å². The van der Waals surface area contributed by atoms with E-state index < -0.39 is 16.0 Å². The van der Waals surface area contributed by atoms with Crippen molar-refractivity contribution in [1.82, 2.24) is 4.98 Å². The summed E-state index contributed by atoms with van der Waals surface area (Å²) < 4.78 is 31.6. The molecule has 2 aromatic rings. The number of hydrogen-bond acceptors (Lipinski definition) is 5. The molecular formula is C13H12N2O5S. The van der Waals surface area contributed by atoms with Crippen LogP contribution in [0, 0.1) is 0 Å². The van der Waals surface area contributed by atoms with Crippen molar-refractivity contribution < 1.29 is 23.1 Å². The summed E-state index contributed by atoms with van der Waals surface area (Å²) in [6, 6.07) is 6.59. The largest absolute Gasteiger partial charge is 0.496 e. The number of rotatable bonds is 5. The summed E-state index contributed by atoms with van der Waals surface area (Å²) in [5.74, 6) is -1.18. The lowest BCUT2D eigenvalue weighted by Crippen LogP contribution is -2.14. The maximum Gasteiger partial charge on any atom is 0.339 e. The lowest BCUT2D eigenvalue weighted by Gasteiger charge is -2.10. The number of anilines is 1. The topological polar surface area (TPSA) is 106 Å². The average Bonchev–Trinajstić information content (AvgIpc) is 2.47. The first-order chi connectivity index (χ1) is 9.94. The molecule has 21 heavy (non-hydrogen) atoms. The molecule has 0 unspecified atom stereocenters. The molecule has 0 saturated carbocycles. The molecular weight excluding hydrogens is 296 g/mol. The van der Waals surface area contributed by atoms with Gasteiger partial charge in [-0.25, -0.2) is 13.2 Å². The van der Waals surface area contributed by atoms with E-state index in [0.717, 1.165) is 6.07 Å². The fourth-order valence-corrected chi connectivity index (χ4v) is 2.74. The van der Waals surface area contributed by atoms with E-state index in [1.54, 1.807) is 0 Å². The van der Waals surface area contributed by atoms with Crippen LogP contribution in [0.4, 0.5) is 5.69 Å². The monoisotopic (exact) mass is 308 g/mol. The molecule has 0 aliphatic rings. The standard InChI is InChI=1S/C13H12N2O5S/c1-20-12-3-2-10(8-11(12)13(16)17)21(18,19)15-9-4-6-14-7-5-9/h2-8H,1H3,(H,14,15)(H,16,17). The van der Waals surface area contributed by atoms with Gasteiger partial charge in [0.1, 0.15) is 11.3 Å². The van der Waals surface area contributed by atoms with Gasteiger partial charge in [-0.3, -0.25) is 9.71 Å². The first kappa shape index (κ1) is 14.8. The number of sulfonamides is 1. The predicted octanol–water partition coefficient (Wildman–Crippen LogP) is 1.59. The summed E-state index contributed by atoms with van der Waals surface area (Å²) in [4.78, 5) is 14.7. The fraction of sp³-hybridized carbons (Fsp3) is 0.0769. The van der Waals surface area contributed by atoms with E-state index in [1.807, 2.05) is 0 Å². The number of carbonyl (C=O) groups is 1. The van der Waals surface area contributed by atoms with Crippen LogP contribution in [-0.4, -0.2) is 31.6 Å². The van der Waals surface area contributed by atoms with Crippen LogP contribution in [0.15, 0.2) is 47.6 Å². The normalized spacial score (nSPS) is 10.9. The van der Waals surface area contributed by atoms with Gasteiger partial charge < -0.3 is 9.84 Å². The smallest absolute Gasteiger partial charge is 0.339 e. The predicted molar refractivity (Wildman–Crippen MR) is 75.0 cm³/mol. The summed E-state index contributed by atoms with van der Waals surface area (Å²) in [6.45, 7) is 0. The van der Waals surface area contributed by atoms with Crippen LogP contribution in [0.25, 0.3) is 0 Å². The number of nitrogens with one attached hydrogen (secondary N) is 1. The van der Waals surface area contributed by atoms with Crippen LogP contribution >= 0.6 is 0 Å². The van der Waals surface area contributed by atoms with E-state index in [-0.39, 0.29) is 16.2 Å². The van der Waals surface area contributed by atoms with E-state index in [4.69, 9.17) is 9.84 Å². The Morgan fingerprint density at radius 1 is 1.24 bits per heavy atom. The van der Waals surface area contributed by atoms with Crippen LogP contribution in [0.5, 0.6) is 5.75 Å². The number of benzene rings is 1. The quantitative estimate of drug-likeness (QED) is 0.869. The third kappa shape index (κ3) is 3.29. The van der Waals surface area contributed by atoms with Crippen LogP contribution in [0.1, 0.15) is 10.4 Å². The molecule has 110 valence electrons. The average molecular weight is 308 g/mol. The Morgan fingerprint density at radius 3 is 2.48 bits per heavy atom. The first-order valence-electron chi connectivity index (χ1n) is 5.78. The molecule has 0 fully saturated rings. The molecule has 0 saturated heterocycles. The highest BCUT2D eigenvalue weighted by atomic mass is 32.2. The molecule has 7 nitrogen and oxygen atoms in total. The Kier molecular flexibility index (Phi) is 4.08. The Morgan fingerprint density at radius 2 is 1.90 bits per heavy atom. The minimum Gasteiger partial charge on any atom is -0.496 e. The Labute approximate surface area is 121 Å². The van der Waals surface area contributed by atoms with Crippen LogP contribution in [0.2, 0.25) is 0 Å². The third-order valence-corrected chi connectivity index (χ3v) is 4.02. The van der Waals surface area contributed by atoms with Gasteiger partial charge >= 0.3 is 5.97 Å². The van der Waals surface area contributed by atoms with Gasteiger partial charge in [0.15, 0.2) is 0 Å². The Bertz CT molecular complexity index is 759. The van der Waals surface area contributed by atoms with Crippen molar-refractivity contribution in [2.24, 2.45) is 0 Å². The number of carboxylic acid groups (broad SMARTS) is 1. The molecule has 0 atom stereocenters. The molecule has 8 heteroatoms. The maximum atomic E-state index is 12.2. The van der Waals surface area contributed by atoms with Gasteiger partial charge in [-0.05, 0) is 30.3 Å². The van der Waals surface area contributed by atoms with Gasteiger partial charge in [0, 0.05) is 12.4 Å². The molecule has 1 aromatic carbocycles. The summed E-state index contributed by atoms with van der Waals surface area (Å²) >= 11 is 0. The molecule has 0 bridgehead atoms. The van der Waals surface area contributed by atoms with Crippen molar-refractivity contribution in [2.45, 2.75) is 4.90 Å². The Balaban J connectivity index is 2.41. The lowest BCUT2D eigenvalue weighted by molar-refractivity contribution is 0.0693. The number of carboxylic acids is 1. The van der Waals surface area contributed by atoms with E-state index in [1.165, 1.54) is 43.8 Å². The van der Waals surface area contributed by atoms with Crippen LogP contribution in [-0.2, 0) is 10.0 Å². The maximum absolute atomic E-state index is 12.2. The number of ether oxygens (including phenoxy) is 1. The Hall–Kier alpha value is -2.61. The minimum absolute atomic E-state index is 0.0883. The van der Waals surface area contributed by atoms with Crippen LogP contribution in [0.3, 0.4) is 0 Å². The lowest BCUT2D eigenvalue weighted by atomic mass is 10.2. The zero-order valence-electron chi connectivity index (χ0n) is 11.0. The van der Waals surface area contributed by atoms with E-state index in [2.05, 4.69) is 9.71 Å². The highest BCUT2D eigenvalue weighted by molar-refractivity contribution is 7.92. The minimum atomic E-state index is -3.89. The van der Waals surface area contributed by atoms with Gasteiger partial charge in [-0.2, -0.15) is 0 Å². The highest BCUT2D eigenvalue weighted by Gasteiger charge is 2.19. The summed E-state index contributed by atoms with van der Waals surface area (Å²) in [6.07, 6.45) is 2.88. The van der Waals surface area contributed by atoms with Crippen molar-refractivity contribution in [2.75, 3.05) is 11.8 Å². The molecule has 0 spiro atoms. The molecule has 0 aliphatic carbocycles. The number of methoxy groups -OCH3 is 1. The summed E-state index contributed by atoms with van der Waals surface area (Å²) in [7, 11) is -2.58. The van der Waals surface area contributed by atoms with Gasteiger partial charge in [0.05, 0.1) is 17.7 Å². The fourth-order valence-electron chi connectivity index (χ4n) is 1.66. The molecule has 0 aliphatic heterocycles. The van der Waals surface area contributed by atoms with Crippen molar-refractivity contribution in [3.8, 4) is 5.75 Å². The van der Waals surface area contributed by atoms with E-state index in [9.17, 15) is 13.2 Å². The van der Waals surface area contributed by atoms with Gasteiger partial charge in [0.2, 0.25) is 0 Å². The molecule has 2 rings (SSSR count). The van der Waals surface area contributed by atoms with Crippen molar-refractivity contribution in [1.29, 1.82) is 0 Å². The highest BCUT2D eigenvalue weighted by Crippen LogP contribution is 2.23. The van der Waals surface area contributed by atoms with Crippen molar-refractivity contribution in [3.63, 3.8) is 0 Å². The number of hydrogen-bond donors (Lipinski definition) is 2. The van der Waals surface area contributed by atoms with Crippen molar-refractivity contribution >= 4 is 21.7 Å².